The van der Waals surface area contributed by atoms with Crippen LogP contribution in [0.2, 0.25) is 0 Å². The van der Waals surface area contributed by atoms with Gasteiger partial charge in [-0.3, -0.25) is 0 Å². The van der Waals surface area contributed by atoms with E-state index >= 15 is 0 Å². The van der Waals surface area contributed by atoms with Crippen molar-refractivity contribution in [3.05, 3.63) is 18.6 Å². The summed E-state index contributed by atoms with van der Waals surface area (Å²) in [5.74, 6) is 0. The topological polar surface area (TPSA) is 28.4 Å². The van der Waals surface area contributed by atoms with Crippen LogP contribution in [0.3, 0.4) is 0 Å². The summed E-state index contributed by atoms with van der Waals surface area (Å²) in [6.07, 6.45) is 4.61. The first-order chi connectivity index (χ1) is 5.84. The van der Waals surface area contributed by atoms with Crippen molar-refractivity contribution in [3.63, 3.8) is 0 Å². The highest BCUT2D eigenvalue weighted by Crippen LogP contribution is 2.11. The van der Waals surface area contributed by atoms with Crippen LogP contribution in [0.5, 0.6) is 0 Å². The van der Waals surface area contributed by atoms with Gasteiger partial charge in [0.05, 0.1) is 12.0 Å². The van der Waals surface area contributed by atoms with Gasteiger partial charge in [-0.1, -0.05) is 0 Å². The molecule has 0 amide bonds. The van der Waals surface area contributed by atoms with E-state index in [1.807, 2.05) is 13.1 Å². The first-order valence-corrected chi connectivity index (χ1v) is 4.22. The Labute approximate surface area is 73.4 Å². The summed E-state index contributed by atoms with van der Waals surface area (Å²) in [4.78, 5) is 2.18. The summed E-state index contributed by atoms with van der Waals surface area (Å²) >= 11 is 0. The Morgan fingerprint density at radius 2 is 2.42 bits per heavy atom. The minimum Gasteiger partial charge on any atom is -0.470 e. The molecular weight excluding hydrogens is 152 g/mol. The monoisotopic (exact) mass is 168 g/mol. The zero-order valence-corrected chi connectivity index (χ0v) is 7.71. The van der Waals surface area contributed by atoms with Crippen LogP contribution in [0.4, 0.5) is 5.69 Å². The number of nitrogens with zero attached hydrogens (tertiary/aromatic N) is 1. The molecule has 68 valence electrons. The van der Waals surface area contributed by atoms with Crippen LogP contribution in [-0.2, 0) is 0 Å². The van der Waals surface area contributed by atoms with Gasteiger partial charge in [-0.25, -0.2) is 0 Å². The van der Waals surface area contributed by atoms with E-state index in [1.165, 1.54) is 0 Å². The maximum atomic E-state index is 4.98. The second-order valence-corrected chi connectivity index (χ2v) is 2.86. The molecule has 0 spiro atoms. The fourth-order valence-corrected chi connectivity index (χ4v) is 1.10. The largest absolute Gasteiger partial charge is 0.470 e. The average molecular weight is 168 g/mol. The Morgan fingerprint density at radius 3 is 3.00 bits per heavy atom. The smallest absolute Gasteiger partial charge is 0.114 e. The van der Waals surface area contributed by atoms with Crippen molar-refractivity contribution in [3.8, 4) is 0 Å². The highest BCUT2D eigenvalue weighted by atomic mass is 16.3. The lowest BCUT2D eigenvalue weighted by atomic mass is 10.3. The van der Waals surface area contributed by atoms with Gasteiger partial charge in [-0.2, -0.15) is 0 Å². The number of nitrogens with one attached hydrogen (secondary N) is 1. The Kier molecular flexibility index (Phi) is 3.67. The Bertz CT molecular complexity index is 196. The minimum atomic E-state index is 1.06. The van der Waals surface area contributed by atoms with E-state index < -0.39 is 0 Å². The summed E-state index contributed by atoms with van der Waals surface area (Å²) < 4.78 is 4.98. The number of hydrogen-bond acceptors (Lipinski definition) is 3. The van der Waals surface area contributed by atoms with Gasteiger partial charge in [0.1, 0.15) is 6.26 Å². The Hall–Kier alpha value is -0.960. The molecule has 0 aliphatic carbocycles. The quantitative estimate of drug-likeness (QED) is 0.672. The van der Waals surface area contributed by atoms with Gasteiger partial charge in [-0.05, 0) is 26.1 Å². The molecule has 0 atom stereocenters. The fourth-order valence-electron chi connectivity index (χ4n) is 1.10. The Morgan fingerprint density at radius 1 is 1.58 bits per heavy atom. The summed E-state index contributed by atoms with van der Waals surface area (Å²) in [5.41, 5.74) is 1.14. The van der Waals surface area contributed by atoms with E-state index in [-0.39, 0.29) is 0 Å². The molecule has 0 aromatic carbocycles. The van der Waals surface area contributed by atoms with Crippen molar-refractivity contribution in [2.75, 3.05) is 32.1 Å². The molecule has 0 radical (unpaired) electrons. The van der Waals surface area contributed by atoms with Crippen LogP contribution in [0.25, 0.3) is 0 Å². The molecule has 3 nitrogen and oxygen atoms in total. The zero-order chi connectivity index (χ0) is 8.81. The molecule has 0 bridgehead atoms. The first kappa shape index (κ1) is 9.13. The maximum absolute atomic E-state index is 4.98. The number of rotatable bonds is 5. The molecule has 0 fully saturated rings. The van der Waals surface area contributed by atoms with Gasteiger partial charge in [0, 0.05) is 13.6 Å². The minimum absolute atomic E-state index is 1.06. The standard InChI is InChI=1S/C9H16N2O/c1-10-5-3-6-11(2)9-4-7-12-8-9/h4,7-8,10H,3,5-6H2,1-2H3. The molecule has 1 heterocycles. The zero-order valence-electron chi connectivity index (χ0n) is 7.71. The lowest BCUT2D eigenvalue weighted by Gasteiger charge is -2.15. The van der Waals surface area contributed by atoms with E-state index in [0.717, 1.165) is 25.2 Å². The average Bonchev–Trinajstić information content (AvgIpc) is 2.56. The molecule has 1 rings (SSSR count). The van der Waals surface area contributed by atoms with Crippen LogP contribution in [0.1, 0.15) is 6.42 Å². The number of hydrogen-bond donors (Lipinski definition) is 1. The van der Waals surface area contributed by atoms with E-state index in [2.05, 4.69) is 17.3 Å². The lowest BCUT2D eigenvalue weighted by molar-refractivity contribution is 0.566. The normalized spacial score (nSPS) is 10.2. The van der Waals surface area contributed by atoms with Gasteiger partial charge >= 0.3 is 0 Å². The van der Waals surface area contributed by atoms with Crippen LogP contribution < -0.4 is 10.2 Å². The molecule has 1 aromatic rings. The predicted molar refractivity (Wildman–Crippen MR) is 50.5 cm³/mol. The second kappa shape index (κ2) is 4.83. The van der Waals surface area contributed by atoms with Crippen molar-refractivity contribution in [1.82, 2.24) is 5.32 Å². The van der Waals surface area contributed by atoms with E-state index in [9.17, 15) is 0 Å². The summed E-state index contributed by atoms with van der Waals surface area (Å²) in [6.45, 7) is 2.11. The van der Waals surface area contributed by atoms with Crippen molar-refractivity contribution < 1.29 is 4.42 Å². The van der Waals surface area contributed by atoms with Crippen molar-refractivity contribution >= 4 is 5.69 Å². The van der Waals surface area contributed by atoms with Gasteiger partial charge in [0.2, 0.25) is 0 Å². The highest BCUT2D eigenvalue weighted by Gasteiger charge is 1.99. The van der Waals surface area contributed by atoms with Crippen LogP contribution >= 0.6 is 0 Å². The van der Waals surface area contributed by atoms with Gasteiger partial charge in [0.25, 0.3) is 0 Å². The summed E-state index contributed by atoms with van der Waals surface area (Å²) in [7, 11) is 4.04. The van der Waals surface area contributed by atoms with Crippen LogP contribution in [0.15, 0.2) is 23.0 Å². The molecule has 0 aliphatic rings. The third-order valence-corrected chi connectivity index (χ3v) is 1.87. The SMILES string of the molecule is CNCCCN(C)c1ccoc1. The second-order valence-electron chi connectivity index (χ2n) is 2.86. The maximum Gasteiger partial charge on any atom is 0.114 e. The van der Waals surface area contributed by atoms with E-state index in [0.29, 0.717) is 0 Å². The highest BCUT2D eigenvalue weighted by molar-refractivity contribution is 5.41. The molecule has 0 unspecified atom stereocenters. The molecule has 1 aromatic heterocycles. The van der Waals surface area contributed by atoms with Gasteiger partial charge in [0.15, 0.2) is 0 Å². The number of furan rings is 1. The summed E-state index contributed by atoms with van der Waals surface area (Å²) in [6, 6.07) is 1.97. The molecule has 0 saturated carbocycles. The lowest BCUT2D eigenvalue weighted by Crippen LogP contribution is -2.21. The van der Waals surface area contributed by atoms with Crippen LogP contribution in [-0.4, -0.2) is 27.2 Å². The van der Waals surface area contributed by atoms with E-state index in [4.69, 9.17) is 4.42 Å². The van der Waals surface area contributed by atoms with Crippen molar-refractivity contribution in [1.29, 1.82) is 0 Å². The first-order valence-electron chi connectivity index (χ1n) is 4.22. The molecular formula is C9H16N2O. The predicted octanol–water partition coefficient (Wildman–Crippen LogP) is 1.33. The molecule has 3 heteroatoms. The van der Waals surface area contributed by atoms with Crippen LogP contribution in [0, 0.1) is 0 Å². The van der Waals surface area contributed by atoms with Gasteiger partial charge < -0.3 is 14.6 Å². The summed E-state index contributed by atoms with van der Waals surface area (Å²) in [5, 5.41) is 3.12. The molecule has 0 saturated heterocycles. The molecule has 0 aliphatic heterocycles. The molecule has 1 N–H and O–H groups in total. The van der Waals surface area contributed by atoms with Crippen molar-refractivity contribution in [2.24, 2.45) is 0 Å². The third-order valence-electron chi connectivity index (χ3n) is 1.87. The fraction of sp³-hybridized carbons (Fsp3) is 0.556. The van der Waals surface area contributed by atoms with Crippen molar-refractivity contribution in [2.45, 2.75) is 6.42 Å². The molecule has 12 heavy (non-hydrogen) atoms. The third kappa shape index (κ3) is 2.58. The number of anilines is 1. The van der Waals surface area contributed by atoms with Gasteiger partial charge in [-0.15, -0.1) is 0 Å². The van der Waals surface area contributed by atoms with E-state index in [1.54, 1.807) is 12.5 Å². The Balaban J connectivity index is 2.25.